The highest BCUT2D eigenvalue weighted by molar-refractivity contribution is 5.96. The minimum absolute atomic E-state index is 0.0129. The van der Waals surface area contributed by atoms with Crippen molar-refractivity contribution in [2.45, 2.75) is 26.1 Å². The molecule has 7 nitrogen and oxygen atoms in total. The van der Waals surface area contributed by atoms with Gasteiger partial charge in [-0.2, -0.15) is 0 Å². The number of ether oxygens (including phenoxy) is 2. The highest BCUT2D eigenvalue weighted by Gasteiger charge is 2.33. The van der Waals surface area contributed by atoms with Crippen molar-refractivity contribution in [3.63, 3.8) is 0 Å². The topological polar surface area (TPSA) is 89.0 Å². The molecule has 1 unspecified atom stereocenters. The van der Waals surface area contributed by atoms with E-state index in [2.05, 4.69) is 4.98 Å². The van der Waals surface area contributed by atoms with Crippen LogP contribution in [0.3, 0.4) is 0 Å². The number of aromatic nitrogens is 1. The summed E-state index contributed by atoms with van der Waals surface area (Å²) in [4.78, 5) is 29.1. The lowest BCUT2D eigenvalue weighted by Gasteiger charge is -2.35. The number of rotatable bonds is 4. The van der Waals surface area contributed by atoms with Crippen LogP contribution in [-0.2, 0) is 9.53 Å². The Kier molecular flexibility index (Phi) is 4.74. The van der Waals surface area contributed by atoms with Gasteiger partial charge in [0, 0.05) is 12.7 Å². The number of carbonyl (C=O) groups is 2. The third-order valence-corrected chi connectivity index (χ3v) is 3.11. The largest absolute Gasteiger partial charge is 0.479 e. The Morgan fingerprint density at radius 2 is 2.29 bits per heavy atom. The van der Waals surface area contributed by atoms with Gasteiger partial charge in [-0.05, 0) is 26.0 Å². The zero-order valence-corrected chi connectivity index (χ0v) is 12.0. The first-order valence-corrected chi connectivity index (χ1v) is 6.78. The SMILES string of the molecule is CCOc1ncccc1C(=O)N1CC(C(=O)O)O[C@H](C)C1. The van der Waals surface area contributed by atoms with Crippen molar-refractivity contribution >= 4 is 11.9 Å². The Morgan fingerprint density at radius 1 is 1.52 bits per heavy atom. The van der Waals surface area contributed by atoms with E-state index in [1.807, 2.05) is 0 Å². The molecule has 0 aromatic carbocycles. The standard InChI is InChI=1S/C14H18N2O5/c1-3-20-12-10(5-4-6-15-12)13(17)16-7-9(2)21-11(8-16)14(18)19/h4-6,9,11H,3,7-8H2,1-2H3,(H,18,19)/t9-,11?/m1/s1. The lowest BCUT2D eigenvalue weighted by atomic mass is 10.1. The van der Waals surface area contributed by atoms with Crippen LogP contribution in [0, 0.1) is 0 Å². The molecule has 1 saturated heterocycles. The van der Waals surface area contributed by atoms with E-state index in [9.17, 15) is 9.59 Å². The van der Waals surface area contributed by atoms with Crippen LogP contribution in [0.15, 0.2) is 18.3 Å². The second-order valence-electron chi connectivity index (χ2n) is 4.77. The molecular weight excluding hydrogens is 276 g/mol. The first-order valence-electron chi connectivity index (χ1n) is 6.78. The third-order valence-electron chi connectivity index (χ3n) is 3.11. The second-order valence-corrected chi connectivity index (χ2v) is 4.77. The smallest absolute Gasteiger partial charge is 0.334 e. The van der Waals surface area contributed by atoms with Crippen molar-refractivity contribution in [3.05, 3.63) is 23.9 Å². The van der Waals surface area contributed by atoms with E-state index in [0.29, 0.717) is 18.7 Å². The van der Waals surface area contributed by atoms with Crippen molar-refractivity contribution in [3.8, 4) is 5.88 Å². The van der Waals surface area contributed by atoms with Crippen molar-refractivity contribution < 1.29 is 24.2 Å². The second kappa shape index (κ2) is 6.53. The number of hydrogen-bond donors (Lipinski definition) is 1. The monoisotopic (exact) mass is 294 g/mol. The maximum atomic E-state index is 12.6. The summed E-state index contributed by atoms with van der Waals surface area (Å²) in [6.07, 6.45) is 0.199. The fourth-order valence-corrected chi connectivity index (χ4v) is 2.23. The molecule has 1 aromatic rings. The van der Waals surface area contributed by atoms with Gasteiger partial charge in [0.05, 0.1) is 19.3 Å². The number of amides is 1. The molecular formula is C14H18N2O5. The summed E-state index contributed by atoms with van der Waals surface area (Å²) >= 11 is 0. The van der Waals surface area contributed by atoms with E-state index in [1.54, 1.807) is 32.2 Å². The van der Waals surface area contributed by atoms with Crippen molar-refractivity contribution in [1.29, 1.82) is 0 Å². The van der Waals surface area contributed by atoms with E-state index in [0.717, 1.165) is 0 Å². The first-order chi connectivity index (χ1) is 10.0. The third kappa shape index (κ3) is 3.49. The summed E-state index contributed by atoms with van der Waals surface area (Å²) in [6.45, 7) is 4.29. The fraction of sp³-hybridized carbons (Fsp3) is 0.500. The van der Waals surface area contributed by atoms with Gasteiger partial charge in [0.25, 0.3) is 5.91 Å². The summed E-state index contributed by atoms with van der Waals surface area (Å²) in [6, 6.07) is 3.27. The molecule has 1 amide bonds. The van der Waals surface area contributed by atoms with Gasteiger partial charge >= 0.3 is 5.97 Å². The molecule has 0 spiro atoms. The number of carbonyl (C=O) groups excluding carboxylic acids is 1. The van der Waals surface area contributed by atoms with E-state index in [1.165, 1.54) is 4.90 Å². The van der Waals surface area contributed by atoms with E-state index < -0.39 is 12.1 Å². The molecule has 1 fully saturated rings. The molecule has 1 aromatic heterocycles. The molecule has 0 bridgehead atoms. The highest BCUT2D eigenvalue weighted by Crippen LogP contribution is 2.20. The molecule has 114 valence electrons. The number of morpholine rings is 1. The lowest BCUT2D eigenvalue weighted by Crippen LogP contribution is -2.51. The number of carboxylic acids is 1. The molecule has 2 heterocycles. The molecule has 1 aliphatic rings. The Labute approximate surface area is 122 Å². The van der Waals surface area contributed by atoms with Crippen LogP contribution in [0.4, 0.5) is 0 Å². The van der Waals surface area contributed by atoms with Gasteiger partial charge in [-0.3, -0.25) is 4.79 Å². The number of hydrogen-bond acceptors (Lipinski definition) is 5. The van der Waals surface area contributed by atoms with Gasteiger partial charge in [-0.15, -0.1) is 0 Å². The highest BCUT2D eigenvalue weighted by atomic mass is 16.5. The van der Waals surface area contributed by atoms with Crippen LogP contribution in [0.2, 0.25) is 0 Å². The molecule has 2 rings (SSSR count). The Bertz CT molecular complexity index is 534. The molecule has 0 radical (unpaired) electrons. The lowest BCUT2D eigenvalue weighted by molar-refractivity contribution is -0.160. The molecule has 1 aliphatic heterocycles. The average molecular weight is 294 g/mol. The van der Waals surface area contributed by atoms with Crippen LogP contribution in [-0.4, -0.2) is 58.8 Å². The zero-order chi connectivity index (χ0) is 15.4. The van der Waals surface area contributed by atoms with Crippen molar-refractivity contribution in [1.82, 2.24) is 9.88 Å². The van der Waals surface area contributed by atoms with Gasteiger partial charge < -0.3 is 19.5 Å². The summed E-state index contributed by atoms with van der Waals surface area (Å²) in [7, 11) is 0. The summed E-state index contributed by atoms with van der Waals surface area (Å²) in [5.41, 5.74) is 0.331. The van der Waals surface area contributed by atoms with Crippen LogP contribution in [0.5, 0.6) is 5.88 Å². The van der Waals surface area contributed by atoms with Crippen LogP contribution in [0.25, 0.3) is 0 Å². The summed E-state index contributed by atoms with van der Waals surface area (Å²) < 4.78 is 10.6. The number of pyridine rings is 1. The molecule has 21 heavy (non-hydrogen) atoms. The molecule has 0 aliphatic carbocycles. The van der Waals surface area contributed by atoms with Crippen LogP contribution in [0.1, 0.15) is 24.2 Å². The molecule has 2 atom stereocenters. The molecule has 0 saturated carbocycles. The maximum Gasteiger partial charge on any atom is 0.334 e. The number of aliphatic carboxylic acids is 1. The Balaban J connectivity index is 2.21. The normalized spacial score (nSPS) is 21.9. The maximum absolute atomic E-state index is 12.6. The van der Waals surface area contributed by atoms with Gasteiger partial charge in [0.2, 0.25) is 5.88 Å². The minimum atomic E-state index is -1.07. The van der Waals surface area contributed by atoms with E-state index in [-0.39, 0.29) is 24.4 Å². The fourth-order valence-electron chi connectivity index (χ4n) is 2.23. The summed E-state index contributed by atoms with van der Waals surface area (Å²) in [5, 5.41) is 9.06. The minimum Gasteiger partial charge on any atom is -0.479 e. The predicted molar refractivity (Wildman–Crippen MR) is 73.3 cm³/mol. The molecule has 7 heteroatoms. The zero-order valence-electron chi connectivity index (χ0n) is 12.0. The number of nitrogens with zero attached hydrogens (tertiary/aromatic N) is 2. The van der Waals surface area contributed by atoms with Crippen LogP contribution >= 0.6 is 0 Å². The van der Waals surface area contributed by atoms with Crippen molar-refractivity contribution in [2.75, 3.05) is 19.7 Å². The quantitative estimate of drug-likeness (QED) is 0.883. The van der Waals surface area contributed by atoms with Gasteiger partial charge in [-0.1, -0.05) is 0 Å². The predicted octanol–water partition coefficient (Wildman–Crippen LogP) is 0.794. The molecule has 1 N–H and O–H groups in total. The van der Waals surface area contributed by atoms with Gasteiger partial charge in [0.15, 0.2) is 6.10 Å². The van der Waals surface area contributed by atoms with E-state index >= 15 is 0 Å². The van der Waals surface area contributed by atoms with E-state index in [4.69, 9.17) is 14.6 Å². The number of carboxylic acid groups (broad SMARTS) is 1. The van der Waals surface area contributed by atoms with Gasteiger partial charge in [-0.25, -0.2) is 9.78 Å². The Hall–Kier alpha value is -2.15. The van der Waals surface area contributed by atoms with Crippen molar-refractivity contribution in [2.24, 2.45) is 0 Å². The Morgan fingerprint density at radius 3 is 2.95 bits per heavy atom. The average Bonchev–Trinajstić information content (AvgIpc) is 2.47. The van der Waals surface area contributed by atoms with Gasteiger partial charge in [0.1, 0.15) is 5.56 Å². The first kappa shape index (κ1) is 15.2. The summed E-state index contributed by atoms with van der Waals surface area (Å²) in [5.74, 6) is -1.11. The van der Waals surface area contributed by atoms with Crippen LogP contribution < -0.4 is 4.74 Å².